The van der Waals surface area contributed by atoms with Crippen LogP contribution in [0.4, 0.5) is 0 Å². The van der Waals surface area contributed by atoms with E-state index in [-0.39, 0.29) is 0 Å². The van der Waals surface area contributed by atoms with Crippen LogP contribution in [0.1, 0.15) is 0 Å². The molecule has 9 aromatic carbocycles. The second kappa shape index (κ2) is 13.4. The Bertz CT molecular complexity index is 4110. The number of furan rings is 2. The van der Waals surface area contributed by atoms with Gasteiger partial charge in [0.1, 0.15) is 22.3 Å². The predicted molar refractivity (Wildman–Crippen MR) is 264 cm³/mol. The number of nitrogens with zero attached hydrogens (tertiary/aromatic N) is 3. The Morgan fingerprint density at radius 1 is 0.266 bits per heavy atom. The summed E-state index contributed by atoms with van der Waals surface area (Å²) < 4.78 is 17.5. The monoisotopic (exact) mass is 817 g/mol. The largest absolute Gasteiger partial charge is 0.456 e. The van der Waals surface area contributed by atoms with Gasteiger partial charge in [-0.2, -0.15) is 0 Å². The summed E-state index contributed by atoms with van der Waals surface area (Å²) in [7, 11) is 0. The average molecular weight is 818 g/mol. The number of hydrogen-bond acceptors (Lipinski definition) is 3. The highest BCUT2D eigenvalue weighted by molar-refractivity contribution is 6.12. The summed E-state index contributed by atoms with van der Waals surface area (Å²) in [5.74, 6) is 0. The lowest BCUT2D eigenvalue weighted by Gasteiger charge is -2.14. The minimum Gasteiger partial charge on any atom is -0.456 e. The van der Waals surface area contributed by atoms with Crippen LogP contribution in [-0.4, -0.2) is 14.1 Å². The number of rotatable bonds is 5. The first-order chi connectivity index (χ1) is 31.7. The molecule has 0 spiro atoms. The van der Waals surface area contributed by atoms with Crippen molar-refractivity contribution in [3.8, 4) is 44.8 Å². The van der Waals surface area contributed by atoms with E-state index < -0.39 is 0 Å². The molecule has 0 bridgehead atoms. The summed E-state index contributed by atoms with van der Waals surface area (Å²) in [6, 6.07) is 71.6. The Morgan fingerprint density at radius 2 is 0.656 bits per heavy atom. The molecule has 0 radical (unpaired) electrons. The van der Waals surface area contributed by atoms with E-state index in [2.05, 4.69) is 197 Å². The van der Waals surface area contributed by atoms with Crippen molar-refractivity contribution >= 4 is 87.5 Å². The number of aromatic nitrogens is 3. The lowest BCUT2D eigenvalue weighted by atomic mass is 9.96. The van der Waals surface area contributed by atoms with Crippen LogP contribution in [0.15, 0.2) is 221 Å². The first-order valence-electron chi connectivity index (χ1n) is 21.7. The summed E-state index contributed by atoms with van der Waals surface area (Å²) in [5.41, 5.74) is 16.8. The van der Waals surface area contributed by atoms with E-state index in [9.17, 15) is 0 Å². The molecule has 5 nitrogen and oxygen atoms in total. The molecule has 64 heavy (non-hydrogen) atoms. The third kappa shape index (κ3) is 5.22. The van der Waals surface area contributed by atoms with E-state index in [1.165, 1.54) is 32.6 Å². The molecule has 0 atom stereocenters. The zero-order chi connectivity index (χ0) is 41.9. The zero-order valence-corrected chi connectivity index (χ0v) is 34.4. The third-order valence-corrected chi connectivity index (χ3v) is 13.2. The van der Waals surface area contributed by atoms with Crippen LogP contribution < -0.4 is 0 Å². The summed E-state index contributed by atoms with van der Waals surface area (Å²) in [5, 5.41) is 9.29. The van der Waals surface area contributed by atoms with Crippen molar-refractivity contribution in [2.24, 2.45) is 0 Å². The molecule has 0 saturated heterocycles. The predicted octanol–water partition coefficient (Wildman–Crippen LogP) is 16.1. The van der Waals surface area contributed by atoms with Crippen LogP contribution in [0.25, 0.3) is 132 Å². The van der Waals surface area contributed by atoms with Crippen LogP contribution in [0.3, 0.4) is 0 Å². The zero-order valence-electron chi connectivity index (χ0n) is 34.4. The van der Waals surface area contributed by atoms with Gasteiger partial charge >= 0.3 is 0 Å². The number of para-hydroxylation sites is 5. The number of pyridine rings is 1. The molecule has 14 rings (SSSR count). The molecule has 298 valence electrons. The van der Waals surface area contributed by atoms with Crippen molar-refractivity contribution in [1.29, 1.82) is 0 Å². The minimum absolute atomic E-state index is 0.855. The van der Waals surface area contributed by atoms with E-state index in [1.807, 2.05) is 24.5 Å². The highest BCUT2D eigenvalue weighted by Gasteiger charge is 2.18. The number of fused-ring (bicyclic) bond motifs is 12. The SMILES string of the molecule is c1ccc2c(c1)oc1ccc(-c3cc(-c4cncc(-c5ccc6oc7ccc(-n8c9ccccc9c9ccccc98)cc7c6c5)c4)cc(-n4c5ccccc5c5ccccc54)c3)cc12. The Labute approximate surface area is 366 Å². The number of hydrogen-bond donors (Lipinski definition) is 0. The van der Waals surface area contributed by atoms with Crippen molar-refractivity contribution in [2.75, 3.05) is 0 Å². The summed E-state index contributed by atoms with van der Waals surface area (Å²) >= 11 is 0. The molecular formula is C59H35N3O2. The average Bonchev–Trinajstić information content (AvgIpc) is 4.11. The molecule has 0 aliphatic heterocycles. The maximum absolute atomic E-state index is 6.46. The van der Waals surface area contributed by atoms with Gasteiger partial charge in [0.2, 0.25) is 0 Å². The quantitative estimate of drug-likeness (QED) is 0.174. The molecule has 0 aliphatic rings. The standard InChI is InChI=1S/C59H35N3O2/c1-6-16-52-44(11-1)45-12-2-7-17-53(45)61(52)42-23-26-59-51(33-42)50-32-37(22-25-58(50)64-59)40-28-41(35-60-34-40)39-27-38(36-21-24-57-49(31-36)48-15-5-10-20-56(48)63-57)29-43(30-39)62-54-18-8-3-13-46(54)47-14-4-9-19-55(47)62/h1-35H. The van der Waals surface area contributed by atoms with Crippen molar-refractivity contribution in [3.05, 3.63) is 213 Å². The highest BCUT2D eigenvalue weighted by atomic mass is 16.3. The summed E-state index contributed by atoms with van der Waals surface area (Å²) in [4.78, 5) is 4.89. The van der Waals surface area contributed by atoms with Gasteiger partial charge in [-0.15, -0.1) is 0 Å². The van der Waals surface area contributed by atoms with E-state index in [4.69, 9.17) is 13.8 Å². The fourth-order valence-corrected chi connectivity index (χ4v) is 10.2. The van der Waals surface area contributed by atoms with Gasteiger partial charge < -0.3 is 18.0 Å². The van der Waals surface area contributed by atoms with Crippen LogP contribution in [0, 0.1) is 0 Å². The molecule has 0 aliphatic carbocycles. The minimum atomic E-state index is 0.855. The maximum atomic E-state index is 6.46. The van der Waals surface area contributed by atoms with Gasteiger partial charge in [-0.3, -0.25) is 4.98 Å². The molecule has 0 amide bonds. The first-order valence-corrected chi connectivity index (χ1v) is 21.7. The highest BCUT2D eigenvalue weighted by Crippen LogP contribution is 2.40. The van der Waals surface area contributed by atoms with Crippen molar-refractivity contribution in [1.82, 2.24) is 14.1 Å². The number of benzene rings is 9. The molecule has 5 heterocycles. The van der Waals surface area contributed by atoms with Crippen LogP contribution in [-0.2, 0) is 0 Å². The smallest absolute Gasteiger partial charge is 0.135 e. The van der Waals surface area contributed by atoms with E-state index in [0.717, 1.165) is 99.7 Å². The second-order valence-electron chi connectivity index (χ2n) is 16.8. The Morgan fingerprint density at radius 3 is 1.23 bits per heavy atom. The fraction of sp³-hybridized carbons (Fsp3) is 0. The topological polar surface area (TPSA) is 49.0 Å². The van der Waals surface area contributed by atoms with Gasteiger partial charge in [0.25, 0.3) is 0 Å². The van der Waals surface area contributed by atoms with Crippen LogP contribution in [0.2, 0.25) is 0 Å². The van der Waals surface area contributed by atoms with Crippen LogP contribution >= 0.6 is 0 Å². The van der Waals surface area contributed by atoms with Gasteiger partial charge in [0.05, 0.1) is 22.1 Å². The van der Waals surface area contributed by atoms with E-state index >= 15 is 0 Å². The summed E-state index contributed by atoms with van der Waals surface area (Å²) in [6.45, 7) is 0. The Kier molecular flexibility index (Phi) is 7.33. The molecule has 0 unspecified atom stereocenters. The second-order valence-corrected chi connectivity index (χ2v) is 16.8. The van der Waals surface area contributed by atoms with Crippen molar-refractivity contribution in [3.63, 3.8) is 0 Å². The fourth-order valence-electron chi connectivity index (χ4n) is 10.2. The molecule has 0 fully saturated rings. The Hall–Kier alpha value is -8.67. The van der Waals surface area contributed by atoms with Gasteiger partial charge in [-0.25, -0.2) is 0 Å². The Balaban J connectivity index is 0.932. The van der Waals surface area contributed by atoms with Gasteiger partial charge in [0.15, 0.2) is 0 Å². The lowest BCUT2D eigenvalue weighted by Crippen LogP contribution is -1.96. The van der Waals surface area contributed by atoms with Crippen molar-refractivity contribution in [2.45, 2.75) is 0 Å². The molecule has 5 aromatic heterocycles. The van der Waals surface area contributed by atoms with Crippen molar-refractivity contribution < 1.29 is 8.83 Å². The summed E-state index contributed by atoms with van der Waals surface area (Å²) in [6.07, 6.45) is 3.95. The van der Waals surface area contributed by atoms with Crippen LogP contribution in [0.5, 0.6) is 0 Å². The molecule has 5 heteroatoms. The van der Waals surface area contributed by atoms with E-state index in [1.54, 1.807) is 0 Å². The van der Waals surface area contributed by atoms with E-state index in [0.29, 0.717) is 0 Å². The normalized spacial score (nSPS) is 12.1. The third-order valence-electron chi connectivity index (χ3n) is 13.2. The molecule has 0 saturated carbocycles. The first kappa shape index (κ1) is 35.0. The maximum Gasteiger partial charge on any atom is 0.135 e. The molecular weight excluding hydrogens is 783 g/mol. The molecule has 0 N–H and O–H groups in total. The van der Waals surface area contributed by atoms with Gasteiger partial charge in [-0.05, 0) is 119 Å². The molecule has 14 aromatic rings. The van der Waals surface area contributed by atoms with Gasteiger partial charge in [-0.1, -0.05) is 103 Å². The van der Waals surface area contributed by atoms with Gasteiger partial charge in [0, 0.05) is 78.0 Å². The lowest BCUT2D eigenvalue weighted by molar-refractivity contribution is 0.668.